The number of hydrogen-bond acceptors (Lipinski definition) is 4. The van der Waals surface area contributed by atoms with E-state index in [1.165, 1.54) is 0 Å². The van der Waals surface area contributed by atoms with Crippen LogP contribution in [0.5, 0.6) is 11.5 Å². The predicted octanol–water partition coefficient (Wildman–Crippen LogP) is 3.59. The van der Waals surface area contributed by atoms with Crippen molar-refractivity contribution in [2.45, 2.75) is 26.4 Å². The summed E-state index contributed by atoms with van der Waals surface area (Å²) in [6, 6.07) is 15.4. The average molecular weight is 386 g/mol. The first-order valence-corrected chi connectivity index (χ1v) is 9.63. The first-order valence-electron chi connectivity index (χ1n) is 9.63. The lowest BCUT2D eigenvalue weighted by atomic mass is 10.1. The zero-order chi connectivity index (χ0) is 20.4. The van der Waals surface area contributed by atoms with Gasteiger partial charge in [0, 0.05) is 13.1 Å². The van der Waals surface area contributed by atoms with Gasteiger partial charge < -0.3 is 25.0 Å². The molecule has 2 aromatic rings. The van der Waals surface area contributed by atoms with Crippen molar-refractivity contribution in [1.82, 2.24) is 15.5 Å². The van der Waals surface area contributed by atoms with Crippen LogP contribution in [-0.2, 0) is 6.54 Å². The van der Waals surface area contributed by atoms with E-state index in [-0.39, 0.29) is 12.1 Å². The van der Waals surface area contributed by atoms with E-state index in [0.29, 0.717) is 18.0 Å². The zero-order valence-corrected chi connectivity index (χ0v) is 17.2. The lowest BCUT2D eigenvalue weighted by Gasteiger charge is -2.26. The van der Waals surface area contributed by atoms with E-state index in [1.807, 2.05) is 48.5 Å². The van der Waals surface area contributed by atoms with Gasteiger partial charge in [0.1, 0.15) is 0 Å². The van der Waals surface area contributed by atoms with E-state index in [1.54, 1.807) is 14.2 Å². The van der Waals surface area contributed by atoms with Gasteiger partial charge in [0.05, 0.1) is 20.3 Å². The maximum atomic E-state index is 12.5. The molecule has 0 heterocycles. The fourth-order valence-corrected chi connectivity index (χ4v) is 3.04. The standard InChI is InChI=1S/C22H31N3O3/c1-5-25(6-2)16-19(18-10-8-7-9-11-18)24-22(26)23-15-17-12-13-20(27-3)21(14-17)28-4/h7-14,19H,5-6,15-16H2,1-4H3,(H2,23,24,26). The molecule has 6 nitrogen and oxygen atoms in total. The summed E-state index contributed by atoms with van der Waals surface area (Å²) in [6.07, 6.45) is 0. The molecule has 0 saturated heterocycles. The fourth-order valence-electron chi connectivity index (χ4n) is 3.04. The van der Waals surface area contributed by atoms with Gasteiger partial charge in [0.25, 0.3) is 0 Å². The van der Waals surface area contributed by atoms with Gasteiger partial charge in [-0.15, -0.1) is 0 Å². The number of ether oxygens (including phenoxy) is 2. The maximum Gasteiger partial charge on any atom is 0.315 e. The smallest absolute Gasteiger partial charge is 0.315 e. The Labute approximate surface area is 167 Å². The second-order valence-corrected chi connectivity index (χ2v) is 6.47. The van der Waals surface area contributed by atoms with Gasteiger partial charge in [-0.1, -0.05) is 50.2 Å². The zero-order valence-electron chi connectivity index (χ0n) is 17.2. The number of amides is 2. The lowest BCUT2D eigenvalue weighted by Crippen LogP contribution is -2.42. The molecule has 0 saturated carbocycles. The van der Waals surface area contributed by atoms with Gasteiger partial charge in [0.15, 0.2) is 11.5 Å². The minimum absolute atomic E-state index is 0.0773. The number of benzene rings is 2. The molecule has 1 atom stereocenters. The Morgan fingerprint density at radius 2 is 1.68 bits per heavy atom. The van der Waals surface area contributed by atoms with Crippen molar-refractivity contribution in [2.75, 3.05) is 33.9 Å². The van der Waals surface area contributed by atoms with Gasteiger partial charge in [0.2, 0.25) is 0 Å². The van der Waals surface area contributed by atoms with Gasteiger partial charge in [-0.25, -0.2) is 4.79 Å². The van der Waals surface area contributed by atoms with Crippen LogP contribution in [0.2, 0.25) is 0 Å². The Kier molecular flexibility index (Phi) is 8.62. The van der Waals surface area contributed by atoms with Crippen LogP contribution in [0.25, 0.3) is 0 Å². The molecule has 0 aliphatic heterocycles. The third-order valence-electron chi connectivity index (χ3n) is 4.74. The Morgan fingerprint density at radius 3 is 2.29 bits per heavy atom. The van der Waals surface area contributed by atoms with E-state index in [9.17, 15) is 4.79 Å². The Bertz CT molecular complexity index is 733. The number of rotatable bonds is 10. The van der Waals surface area contributed by atoms with Crippen molar-refractivity contribution >= 4 is 6.03 Å². The van der Waals surface area contributed by atoms with Crippen LogP contribution >= 0.6 is 0 Å². The van der Waals surface area contributed by atoms with Gasteiger partial charge >= 0.3 is 6.03 Å². The van der Waals surface area contributed by atoms with Crippen molar-refractivity contribution in [3.63, 3.8) is 0 Å². The van der Waals surface area contributed by atoms with E-state index >= 15 is 0 Å². The average Bonchev–Trinajstić information content (AvgIpc) is 2.75. The summed E-state index contributed by atoms with van der Waals surface area (Å²) in [5.41, 5.74) is 2.03. The highest BCUT2D eigenvalue weighted by atomic mass is 16.5. The summed E-state index contributed by atoms with van der Waals surface area (Å²) in [7, 11) is 3.20. The van der Waals surface area contributed by atoms with Gasteiger partial charge in [-0.05, 0) is 36.3 Å². The predicted molar refractivity (Wildman–Crippen MR) is 112 cm³/mol. The minimum atomic E-state index is -0.198. The third-order valence-corrected chi connectivity index (χ3v) is 4.74. The molecule has 0 aliphatic carbocycles. The highest BCUT2D eigenvalue weighted by Gasteiger charge is 2.17. The van der Waals surface area contributed by atoms with Crippen LogP contribution in [0.1, 0.15) is 31.0 Å². The van der Waals surface area contributed by atoms with Crippen molar-refractivity contribution < 1.29 is 14.3 Å². The Hall–Kier alpha value is -2.73. The van der Waals surface area contributed by atoms with Crippen LogP contribution in [-0.4, -0.2) is 44.8 Å². The second kappa shape index (κ2) is 11.2. The molecule has 152 valence electrons. The number of likely N-dealkylation sites (N-methyl/N-ethyl adjacent to an activating group) is 1. The summed E-state index contributed by atoms with van der Waals surface area (Å²) in [4.78, 5) is 14.8. The van der Waals surface area contributed by atoms with Gasteiger partial charge in [-0.3, -0.25) is 0 Å². The molecule has 0 radical (unpaired) electrons. The molecule has 0 spiro atoms. The molecular weight excluding hydrogens is 354 g/mol. The van der Waals surface area contributed by atoms with Crippen molar-refractivity contribution in [3.05, 3.63) is 59.7 Å². The molecule has 0 bridgehead atoms. The third kappa shape index (κ3) is 6.16. The van der Waals surface area contributed by atoms with Crippen LogP contribution in [0, 0.1) is 0 Å². The Morgan fingerprint density at radius 1 is 1.00 bits per heavy atom. The molecule has 2 rings (SSSR count). The van der Waals surface area contributed by atoms with Crippen LogP contribution < -0.4 is 20.1 Å². The summed E-state index contributed by atoms with van der Waals surface area (Å²) >= 11 is 0. The molecule has 1 unspecified atom stereocenters. The minimum Gasteiger partial charge on any atom is -0.493 e. The summed E-state index contributed by atoms with van der Waals surface area (Å²) < 4.78 is 10.6. The summed E-state index contributed by atoms with van der Waals surface area (Å²) in [5, 5.41) is 6.04. The molecule has 0 aromatic heterocycles. The number of carbonyl (C=O) groups excluding carboxylic acids is 1. The molecule has 0 fully saturated rings. The molecule has 2 N–H and O–H groups in total. The fraction of sp³-hybridized carbons (Fsp3) is 0.409. The number of methoxy groups -OCH3 is 2. The number of hydrogen-bond donors (Lipinski definition) is 2. The van der Waals surface area contributed by atoms with E-state index in [4.69, 9.17) is 9.47 Å². The first-order chi connectivity index (χ1) is 13.6. The topological polar surface area (TPSA) is 62.8 Å². The van der Waals surface area contributed by atoms with Crippen LogP contribution in [0.3, 0.4) is 0 Å². The summed E-state index contributed by atoms with van der Waals surface area (Å²) in [5.74, 6) is 1.31. The number of urea groups is 1. The van der Waals surface area contributed by atoms with E-state index in [2.05, 4.69) is 29.4 Å². The monoisotopic (exact) mass is 385 g/mol. The highest BCUT2D eigenvalue weighted by molar-refractivity contribution is 5.74. The quantitative estimate of drug-likeness (QED) is 0.656. The Balaban J connectivity index is 2.01. The van der Waals surface area contributed by atoms with Gasteiger partial charge in [-0.2, -0.15) is 0 Å². The van der Waals surface area contributed by atoms with Crippen LogP contribution in [0.4, 0.5) is 4.79 Å². The van der Waals surface area contributed by atoms with Crippen molar-refractivity contribution in [3.8, 4) is 11.5 Å². The number of nitrogens with one attached hydrogen (secondary N) is 2. The summed E-state index contributed by atoms with van der Waals surface area (Å²) in [6.45, 7) is 7.30. The maximum absolute atomic E-state index is 12.5. The molecule has 0 aliphatic rings. The first kappa shape index (κ1) is 21.6. The second-order valence-electron chi connectivity index (χ2n) is 6.47. The van der Waals surface area contributed by atoms with Crippen molar-refractivity contribution in [2.24, 2.45) is 0 Å². The van der Waals surface area contributed by atoms with E-state index < -0.39 is 0 Å². The largest absolute Gasteiger partial charge is 0.493 e. The normalized spacial score (nSPS) is 11.8. The number of nitrogens with zero attached hydrogens (tertiary/aromatic N) is 1. The molecule has 28 heavy (non-hydrogen) atoms. The molecule has 2 amide bonds. The molecular formula is C22H31N3O3. The highest BCUT2D eigenvalue weighted by Crippen LogP contribution is 2.27. The van der Waals surface area contributed by atoms with Crippen molar-refractivity contribution in [1.29, 1.82) is 0 Å². The molecule has 2 aromatic carbocycles. The SMILES string of the molecule is CCN(CC)CC(NC(=O)NCc1ccc(OC)c(OC)c1)c1ccccc1. The number of carbonyl (C=O) groups is 1. The molecule has 6 heteroatoms. The lowest BCUT2D eigenvalue weighted by molar-refractivity contribution is 0.225. The van der Waals surface area contributed by atoms with Crippen LogP contribution in [0.15, 0.2) is 48.5 Å². The van der Waals surface area contributed by atoms with E-state index in [0.717, 1.165) is 30.8 Å².